The van der Waals surface area contributed by atoms with Gasteiger partial charge in [-0.1, -0.05) is 36.4 Å². The fraction of sp³-hybridized carbons (Fsp3) is 0. The number of nitrogens with two attached hydrogens (primary N) is 1. The maximum atomic E-state index is 13.1. The first kappa shape index (κ1) is 13.0. The number of anilines is 1. The molecule has 0 saturated carbocycles. The minimum atomic E-state index is -0.342. The van der Waals surface area contributed by atoms with Gasteiger partial charge >= 0.3 is 0 Å². The van der Waals surface area contributed by atoms with Gasteiger partial charge in [-0.3, -0.25) is 5.43 Å². The van der Waals surface area contributed by atoms with Crippen LogP contribution in [0.4, 0.5) is 10.1 Å². The van der Waals surface area contributed by atoms with Gasteiger partial charge in [-0.15, -0.1) is 10.2 Å². The van der Waals surface area contributed by atoms with Crippen LogP contribution in [0.15, 0.2) is 69.9 Å². The normalized spacial score (nSPS) is 15.8. The largest absolute Gasteiger partial charge is 0.380 e. The van der Waals surface area contributed by atoms with Gasteiger partial charge < -0.3 is 5.73 Å². The van der Waals surface area contributed by atoms with Gasteiger partial charge in [-0.2, -0.15) is 5.10 Å². The van der Waals surface area contributed by atoms with Crippen molar-refractivity contribution in [3.05, 3.63) is 66.0 Å². The van der Waals surface area contributed by atoms with Crippen LogP contribution in [0.3, 0.4) is 0 Å². The summed E-state index contributed by atoms with van der Waals surface area (Å²) < 4.78 is 13.1. The van der Waals surface area contributed by atoms with E-state index in [1.54, 1.807) is 12.1 Å². The Morgan fingerprint density at radius 3 is 2.57 bits per heavy atom. The molecule has 3 N–H and O–H groups in total. The summed E-state index contributed by atoms with van der Waals surface area (Å²) >= 11 is 0. The van der Waals surface area contributed by atoms with E-state index in [1.165, 1.54) is 12.1 Å². The maximum absolute atomic E-state index is 13.1. The van der Waals surface area contributed by atoms with Crippen LogP contribution in [0, 0.1) is 5.82 Å². The molecule has 0 aliphatic carbocycles. The molecule has 0 fully saturated rings. The SMILES string of the molecule is NC1=NN=C(c2ccccc2)/C1=N\Nc1cccc(F)c1. The molecular weight excluding hydrogens is 269 g/mol. The van der Waals surface area contributed by atoms with E-state index < -0.39 is 0 Å². The Kier molecular flexibility index (Phi) is 3.42. The summed E-state index contributed by atoms with van der Waals surface area (Å²) in [6.07, 6.45) is 0. The molecule has 1 aliphatic rings. The molecule has 0 unspecified atom stereocenters. The molecule has 5 nitrogen and oxygen atoms in total. The second kappa shape index (κ2) is 5.54. The summed E-state index contributed by atoms with van der Waals surface area (Å²) in [6.45, 7) is 0. The van der Waals surface area contributed by atoms with Crippen molar-refractivity contribution < 1.29 is 4.39 Å². The number of nitrogens with zero attached hydrogens (tertiary/aromatic N) is 3. The average molecular weight is 281 g/mol. The lowest BCUT2D eigenvalue weighted by Gasteiger charge is -2.05. The van der Waals surface area contributed by atoms with E-state index in [0.717, 1.165) is 5.56 Å². The minimum Gasteiger partial charge on any atom is -0.380 e. The third kappa shape index (κ3) is 2.79. The molecule has 0 atom stereocenters. The Bertz CT molecular complexity index is 750. The van der Waals surface area contributed by atoms with E-state index in [2.05, 4.69) is 20.7 Å². The van der Waals surface area contributed by atoms with Crippen molar-refractivity contribution in [2.75, 3.05) is 5.43 Å². The minimum absolute atomic E-state index is 0.220. The van der Waals surface area contributed by atoms with Crippen LogP contribution in [0.5, 0.6) is 0 Å². The second-order valence-corrected chi connectivity index (χ2v) is 4.38. The number of amidine groups is 1. The number of rotatable bonds is 3. The number of nitrogens with one attached hydrogen (secondary N) is 1. The van der Waals surface area contributed by atoms with Crippen molar-refractivity contribution in [1.29, 1.82) is 0 Å². The molecule has 1 heterocycles. The number of hydrogen-bond donors (Lipinski definition) is 2. The van der Waals surface area contributed by atoms with E-state index in [1.807, 2.05) is 30.3 Å². The summed E-state index contributed by atoms with van der Waals surface area (Å²) in [4.78, 5) is 0. The van der Waals surface area contributed by atoms with Crippen molar-refractivity contribution >= 4 is 22.9 Å². The van der Waals surface area contributed by atoms with Crippen molar-refractivity contribution in [3.8, 4) is 0 Å². The van der Waals surface area contributed by atoms with E-state index in [9.17, 15) is 4.39 Å². The molecule has 0 bridgehead atoms. The van der Waals surface area contributed by atoms with Gasteiger partial charge in [-0.05, 0) is 18.2 Å². The number of hydrazone groups is 1. The van der Waals surface area contributed by atoms with E-state index in [0.29, 0.717) is 17.1 Å². The zero-order valence-corrected chi connectivity index (χ0v) is 11.0. The van der Waals surface area contributed by atoms with Gasteiger partial charge in [0.1, 0.15) is 11.5 Å². The van der Waals surface area contributed by atoms with Crippen LogP contribution >= 0.6 is 0 Å². The molecule has 0 aromatic heterocycles. The first-order valence-electron chi connectivity index (χ1n) is 6.30. The lowest BCUT2D eigenvalue weighted by atomic mass is 10.1. The molecule has 1 aliphatic heterocycles. The van der Waals surface area contributed by atoms with Crippen LogP contribution in [-0.4, -0.2) is 17.3 Å². The third-order valence-electron chi connectivity index (χ3n) is 2.89. The fourth-order valence-corrected chi connectivity index (χ4v) is 1.90. The summed E-state index contributed by atoms with van der Waals surface area (Å²) in [7, 11) is 0. The smallest absolute Gasteiger partial charge is 0.176 e. The van der Waals surface area contributed by atoms with Gasteiger partial charge in [0.2, 0.25) is 0 Å². The molecule has 0 spiro atoms. The highest BCUT2D eigenvalue weighted by Crippen LogP contribution is 2.12. The molecule has 6 heteroatoms. The van der Waals surface area contributed by atoms with Crippen molar-refractivity contribution in [2.45, 2.75) is 0 Å². The zero-order valence-electron chi connectivity index (χ0n) is 11.0. The number of benzene rings is 2. The maximum Gasteiger partial charge on any atom is 0.176 e. The Labute approximate surface area is 120 Å². The summed E-state index contributed by atoms with van der Waals surface area (Å²) in [5.74, 6) is -0.122. The van der Waals surface area contributed by atoms with Crippen LogP contribution in [0.2, 0.25) is 0 Å². The Morgan fingerprint density at radius 1 is 1.00 bits per heavy atom. The third-order valence-corrected chi connectivity index (χ3v) is 2.89. The molecule has 21 heavy (non-hydrogen) atoms. The predicted octanol–water partition coefficient (Wildman–Crippen LogP) is 2.37. The molecule has 0 saturated heterocycles. The van der Waals surface area contributed by atoms with Crippen LogP contribution in [0.1, 0.15) is 5.56 Å². The average Bonchev–Trinajstić information content (AvgIpc) is 2.87. The van der Waals surface area contributed by atoms with Crippen molar-refractivity contribution in [3.63, 3.8) is 0 Å². The lowest BCUT2D eigenvalue weighted by molar-refractivity contribution is 0.628. The molecule has 104 valence electrons. The highest BCUT2D eigenvalue weighted by atomic mass is 19.1. The monoisotopic (exact) mass is 281 g/mol. The van der Waals surface area contributed by atoms with Crippen LogP contribution in [-0.2, 0) is 0 Å². The van der Waals surface area contributed by atoms with E-state index in [-0.39, 0.29) is 11.7 Å². The van der Waals surface area contributed by atoms with E-state index in [4.69, 9.17) is 5.73 Å². The fourth-order valence-electron chi connectivity index (χ4n) is 1.90. The topological polar surface area (TPSA) is 75.1 Å². The van der Waals surface area contributed by atoms with Gasteiger partial charge in [-0.25, -0.2) is 4.39 Å². The zero-order chi connectivity index (χ0) is 14.7. The van der Waals surface area contributed by atoms with Gasteiger partial charge in [0.15, 0.2) is 11.5 Å². The van der Waals surface area contributed by atoms with Gasteiger partial charge in [0, 0.05) is 5.56 Å². The lowest BCUT2D eigenvalue weighted by Crippen LogP contribution is -2.28. The van der Waals surface area contributed by atoms with Crippen molar-refractivity contribution in [2.24, 2.45) is 21.0 Å². The summed E-state index contributed by atoms with van der Waals surface area (Å²) in [5.41, 5.74) is 11.0. The number of halogens is 1. The van der Waals surface area contributed by atoms with Crippen molar-refractivity contribution in [1.82, 2.24) is 0 Å². The predicted molar refractivity (Wildman–Crippen MR) is 82.1 cm³/mol. The first-order chi connectivity index (χ1) is 10.2. The highest BCUT2D eigenvalue weighted by molar-refractivity contribution is 6.72. The molecule has 2 aromatic rings. The standard InChI is InChI=1S/C15H12FN5/c16-11-7-4-8-12(9-11)18-20-14-13(19-21-15(14)17)10-5-2-1-3-6-10/h1-9,18H,(H2,17,20,21). The molecular formula is C15H12FN5. The molecule has 0 radical (unpaired) electrons. The Hall–Kier alpha value is -3.02. The van der Waals surface area contributed by atoms with Gasteiger partial charge in [0.25, 0.3) is 0 Å². The highest BCUT2D eigenvalue weighted by Gasteiger charge is 2.21. The number of hydrogen-bond acceptors (Lipinski definition) is 5. The quantitative estimate of drug-likeness (QED) is 0.847. The van der Waals surface area contributed by atoms with Crippen LogP contribution in [0.25, 0.3) is 0 Å². The molecule has 3 rings (SSSR count). The first-order valence-corrected chi connectivity index (χ1v) is 6.30. The summed E-state index contributed by atoms with van der Waals surface area (Å²) in [6, 6.07) is 15.5. The molecule has 0 amide bonds. The Balaban J connectivity index is 1.87. The van der Waals surface area contributed by atoms with Crippen LogP contribution < -0.4 is 11.2 Å². The molecule has 2 aromatic carbocycles. The van der Waals surface area contributed by atoms with Gasteiger partial charge in [0.05, 0.1) is 5.69 Å². The second-order valence-electron chi connectivity index (χ2n) is 4.38. The van der Waals surface area contributed by atoms with E-state index >= 15 is 0 Å². The Morgan fingerprint density at radius 2 is 1.81 bits per heavy atom. The summed E-state index contributed by atoms with van der Waals surface area (Å²) in [5, 5.41) is 12.1.